The molecule has 0 atom stereocenters. The minimum absolute atomic E-state index is 0.0702. The molecule has 0 saturated carbocycles. The lowest BCUT2D eigenvalue weighted by Crippen LogP contribution is -2.13. The van der Waals surface area contributed by atoms with Crippen molar-refractivity contribution >= 4 is 17.3 Å². The first kappa shape index (κ1) is 12.6. The number of carbonyl (C=O) groups excluding carboxylic acids is 1. The van der Waals surface area contributed by atoms with E-state index in [0.29, 0.717) is 0 Å². The quantitative estimate of drug-likeness (QED) is 0.448. The van der Waals surface area contributed by atoms with E-state index in [-0.39, 0.29) is 22.8 Å². The molecule has 1 aromatic heterocycles. The molecule has 1 heterocycles. The first-order valence-corrected chi connectivity index (χ1v) is 5.10. The maximum absolute atomic E-state index is 13.4. The molecule has 2 rings (SSSR count). The fraction of sp³-hybridized carbons (Fsp3) is 0. The number of hydrogen-bond donors (Lipinski definition) is 3. The molecule has 2 aromatic rings. The lowest BCUT2D eigenvalue weighted by Gasteiger charge is -2.05. The Labute approximate surface area is 105 Å². The Bertz CT molecular complexity index is 653. The molecule has 0 bridgehead atoms. The summed E-state index contributed by atoms with van der Waals surface area (Å²) in [7, 11) is 0. The number of nitrogens with zero attached hydrogens (tertiary/aromatic N) is 1. The van der Waals surface area contributed by atoms with Crippen molar-refractivity contribution in [3.05, 3.63) is 52.1 Å². The highest BCUT2D eigenvalue weighted by Gasteiger charge is 2.15. The number of phenolic OH excluding ortho intramolecular Hbond substituents is 1. The van der Waals surface area contributed by atoms with Crippen molar-refractivity contribution in [3.63, 3.8) is 0 Å². The summed E-state index contributed by atoms with van der Waals surface area (Å²) < 4.78 is 13.4. The van der Waals surface area contributed by atoms with Crippen molar-refractivity contribution in [2.45, 2.75) is 0 Å². The number of hydrogen-bond acceptors (Lipinski definition) is 4. The van der Waals surface area contributed by atoms with Crippen LogP contribution in [0.1, 0.15) is 10.5 Å². The van der Waals surface area contributed by atoms with Crippen molar-refractivity contribution in [1.29, 1.82) is 0 Å². The Morgan fingerprint density at radius 2 is 2.16 bits per heavy atom. The van der Waals surface area contributed by atoms with Crippen LogP contribution in [-0.2, 0) is 0 Å². The zero-order chi connectivity index (χ0) is 14.0. The fourth-order valence-electron chi connectivity index (χ4n) is 1.41. The summed E-state index contributed by atoms with van der Waals surface area (Å²) in [6.45, 7) is 0. The van der Waals surface area contributed by atoms with E-state index in [9.17, 15) is 19.3 Å². The van der Waals surface area contributed by atoms with Crippen LogP contribution in [-0.4, -0.2) is 20.9 Å². The Kier molecular flexibility index (Phi) is 3.15. The number of nitro groups is 1. The molecule has 0 unspecified atom stereocenters. The second-order valence-electron chi connectivity index (χ2n) is 3.65. The highest BCUT2D eigenvalue weighted by molar-refractivity contribution is 6.03. The van der Waals surface area contributed by atoms with Gasteiger partial charge in [0.25, 0.3) is 11.6 Å². The van der Waals surface area contributed by atoms with Crippen molar-refractivity contribution in [1.82, 2.24) is 4.98 Å². The summed E-state index contributed by atoms with van der Waals surface area (Å²) in [5.41, 5.74) is -0.476. The van der Waals surface area contributed by atoms with E-state index in [2.05, 4.69) is 10.3 Å². The Morgan fingerprint density at radius 1 is 1.42 bits per heavy atom. The van der Waals surface area contributed by atoms with Crippen LogP contribution in [0.15, 0.2) is 30.5 Å². The lowest BCUT2D eigenvalue weighted by molar-refractivity contribution is -0.384. The zero-order valence-corrected chi connectivity index (χ0v) is 9.38. The van der Waals surface area contributed by atoms with Gasteiger partial charge in [-0.25, -0.2) is 4.39 Å². The molecular weight excluding hydrogens is 257 g/mol. The fourth-order valence-corrected chi connectivity index (χ4v) is 1.41. The van der Waals surface area contributed by atoms with Gasteiger partial charge in [0, 0.05) is 12.1 Å². The van der Waals surface area contributed by atoms with Gasteiger partial charge in [-0.05, 0) is 12.1 Å². The van der Waals surface area contributed by atoms with Crippen LogP contribution in [0.4, 0.5) is 15.8 Å². The molecule has 0 radical (unpaired) electrons. The molecule has 0 spiro atoms. The Balaban J connectivity index is 2.18. The molecule has 0 aliphatic heterocycles. The molecule has 3 N–H and O–H groups in total. The number of aromatic nitrogens is 1. The number of carbonyl (C=O) groups is 1. The first-order chi connectivity index (χ1) is 8.97. The summed E-state index contributed by atoms with van der Waals surface area (Å²) in [6.07, 6.45) is 1.06. The number of anilines is 1. The van der Waals surface area contributed by atoms with Crippen LogP contribution in [0.2, 0.25) is 0 Å². The van der Waals surface area contributed by atoms with Crippen molar-refractivity contribution in [2.24, 2.45) is 0 Å². The van der Waals surface area contributed by atoms with Crippen LogP contribution in [0, 0.1) is 15.9 Å². The minimum atomic E-state index is -0.811. The average Bonchev–Trinajstić information content (AvgIpc) is 2.82. The minimum Gasteiger partial charge on any atom is -0.508 e. The van der Waals surface area contributed by atoms with Gasteiger partial charge < -0.3 is 15.4 Å². The maximum Gasteiger partial charge on any atom is 0.287 e. The molecular formula is C11H8FN3O4. The summed E-state index contributed by atoms with van der Waals surface area (Å²) in [5.74, 6) is -1.81. The number of amides is 1. The van der Waals surface area contributed by atoms with Crippen LogP contribution in [0.25, 0.3) is 0 Å². The van der Waals surface area contributed by atoms with Crippen molar-refractivity contribution in [2.75, 3.05) is 5.32 Å². The van der Waals surface area contributed by atoms with Gasteiger partial charge in [0.05, 0.1) is 16.8 Å². The SMILES string of the molecule is O=C(Nc1ccc(O)cc1F)c1cc([N+](=O)[O-])c[nH]1. The number of nitrogens with one attached hydrogen (secondary N) is 2. The monoisotopic (exact) mass is 265 g/mol. The van der Waals surface area contributed by atoms with Crippen molar-refractivity contribution in [3.8, 4) is 5.75 Å². The van der Waals surface area contributed by atoms with Gasteiger partial charge in [-0.2, -0.15) is 0 Å². The predicted molar refractivity (Wildman–Crippen MR) is 63.5 cm³/mol. The van der Waals surface area contributed by atoms with E-state index < -0.39 is 16.6 Å². The Morgan fingerprint density at radius 3 is 2.74 bits per heavy atom. The van der Waals surface area contributed by atoms with E-state index >= 15 is 0 Å². The molecule has 7 nitrogen and oxygen atoms in total. The van der Waals surface area contributed by atoms with E-state index in [1.54, 1.807) is 0 Å². The molecule has 1 amide bonds. The summed E-state index contributed by atoms with van der Waals surface area (Å²) in [5, 5.41) is 21.7. The van der Waals surface area contributed by atoms with Gasteiger partial charge in [0.2, 0.25) is 0 Å². The molecule has 8 heteroatoms. The average molecular weight is 265 g/mol. The van der Waals surface area contributed by atoms with E-state index in [4.69, 9.17) is 5.11 Å². The van der Waals surface area contributed by atoms with Gasteiger partial charge in [-0.15, -0.1) is 0 Å². The van der Waals surface area contributed by atoms with Gasteiger partial charge >= 0.3 is 0 Å². The number of benzene rings is 1. The third-order valence-corrected chi connectivity index (χ3v) is 2.32. The van der Waals surface area contributed by atoms with Crippen LogP contribution >= 0.6 is 0 Å². The molecule has 0 aliphatic carbocycles. The second kappa shape index (κ2) is 4.77. The largest absolute Gasteiger partial charge is 0.508 e. The topological polar surface area (TPSA) is 108 Å². The van der Waals surface area contributed by atoms with Gasteiger partial charge in [-0.1, -0.05) is 0 Å². The number of aromatic hydroxyl groups is 1. The van der Waals surface area contributed by atoms with Gasteiger partial charge in [0.15, 0.2) is 0 Å². The van der Waals surface area contributed by atoms with E-state index in [0.717, 1.165) is 18.3 Å². The van der Waals surface area contributed by atoms with E-state index in [1.807, 2.05) is 0 Å². The standard InChI is InChI=1S/C11H8FN3O4/c12-8-4-7(16)1-2-9(8)14-11(17)10-3-6(5-13-10)15(18)19/h1-5,13,16H,(H,14,17). The third kappa shape index (κ3) is 2.68. The number of aromatic amines is 1. The molecule has 98 valence electrons. The smallest absolute Gasteiger partial charge is 0.287 e. The lowest BCUT2D eigenvalue weighted by atomic mass is 10.2. The van der Waals surface area contributed by atoms with Crippen LogP contribution in [0.3, 0.4) is 0 Å². The molecule has 0 saturated heterocycles. The second-order valence-corrected chi connectivity index (χ2v) is 3.65. The number of phenols is 1. The van der Waals surface area contributed by atoms with Crippen molar-refractivity contribution < 1.29 is 19.2 Å². The van der Waals surface area contributed by atoms with Gasteiger partial charge in [0.1, 0.15) is 17.3 Å². The summed E-state index contributed by atoms with van der Waals surface area (Å²) in [4.78, 5) is 23.9. The van der Waals surface area contributed by atoms with Gasteiger partial charge in [-0.3, -0.25) is 14.9 Å². The highest BCUT2D eigenvalue weighted by Crippen LogP contribution is 2.20. The highest BCUT2D eigenvalue weighted by atomic mass is 19.1. The maximum atomic E-state index is 13.4. The zero-order valence-electron chi connectivity index (χ0n) is 9.38. The molecule has 0 fully saturated rings. The first-order valence-electron chi connectivity index (χ1n) is 5.10. The van der Waals surface area contributed by atoms with E-state index in [1.165, 1.54) is 12.1 Å². The molecule has 19 heavy (non-hydrogen) atoms. The number of halogens is 1. The number of H-pyrrole nitrogens is 1. The number of rotatable bonds is 3. The Hall–Kier alpha value is -2.90. The third-order valence-electron chi connectivity index (χ3n) is 2.32. The summed E-state index contributed by atoms with van der Waals surface area (Å²) in [6, 6.07) is 4.26. The predicted octanol–water partition coefficient (Wildman–Crippen LogP) is 2.02. The molecule has 0 aliphatic rings. The molecule has 1 aromatic carbocycles. The summed E-state index contributed by atoms with van der Waals surface area (Å²) >= 11 is 0. The van der Waals surface area contributed by atoms with Crippen LogP contribution in [0.5, 0.6) is 5.75 Å². The van der Waals surface area contributed by atoms with Crippen LogP contribution < -0.4 is 5.32 Å². The normalized spacial score (nSPS) is 10.2.